The highest BCUT2D eigenvalue weighted by Gasteiger charge is 2.10. The fourth-order valence-corrected chi connectivity index (χ4v) is 1.87. The highest BCUT2D eigenvalue weighted by atomic mass is 35.5. The van der Waals surface area contributed by atoms with Crippen LogP contribution in [0.25, 0.3) is 11.3 Å². The van der Waals surface area contributed by atoms with Crippen LogP contribution >= 0.6 is 35.4 Å². The van der Waals surface area contributed by atoms with Crippen LogP contribution in [-0.4, -0.2) is 11.3 Å². The monoisotopic (exact) mass is 313 g/mol. The quantitative estimate of drug-likeness (QED) is 0.518. The summed E-state index contributed by atoms with van der Waals surface area (Å²) in [5.41, 5.74) is 8.39. The van der Waals surface area contributed by atoms with Gasteiger partial charge in [-0.1, -0.05) is 29.3 Å². The van der Waals surface area contributed by atoms with Gasteiger partial charge >= 0.3 is 0 Å². The van der Waals surface area contributed by atoms with Crippen LogP contribution in [0.2, 0.25) is 10.0 Å². The second-order valence-electron chi connectivity index (χ2n) is 3.54. The number of thiocarbonyl (C=S) groups is 1. The number of hydrazone groups is 1. The molecule has 0 amide bonds. The normalized spacial score (nSPS) is 10.8. The molecule has 0 saturated carbocycles. The van der Waals surface area contributed by atoms with E-state index in [0.29, 0.717) is 21.6 Å². The molecule has 2 aromatic rings. The van der Waals surface area contributed by atoms with E-state index in [1.807, 2.05) is 6.07 Å². The summed E-state index contributed by atoms with van der Waals surface area (Å²) < 4.78 is 5.57. The van der Waals surface area contributed by atoms with E-state index in [2.05, 4.69) is 22.7 Å². The standard InChI is InChI=1S/C12H9Cl2N3OS/c13-9-3-1-2-8(11(9)14)10-5-4-7(18-10)6-16-17-12(15)19/h1-6H,(H3,15,17,19). The Kier molecular flexibility index (Phi) is 4.42. The zero-order chi connectivity index (χ0) is 13.8. The summed E-state index contributed by atoms with van der Waals surface area (Å²) >= 11 is 16.7. The van der Waals surface area contributed by atoms with E-state index < -0.39 is 0 Å². The first kappa shape index (κ1) is 13.9. The Labute approximate surface area is 125 Å². The molecule has 7 heteroatoms. The van der Waals surface area contributed by atoms with Gasteiger partial charge in [0, 0.05) is 5.56 Å². The van der Waals surface area contributed by atoms with Crippen LogP contribution in [-0.2, 0) is 0 Å². The minimum absolute atomic E-state index is 0.0842. The molecule has 0 atom stereocenters. The lowest BCUT2D eigenvalue weighted by Crippen LogP contribution is -2.23. The molecule has 3 N–H and O–H groups in total. The van der Waals surface area contributed by atoms with Gasteiger partial charge in [0.15, 0.2) is 5.11 Å². The van der Waals surface area contributed by atoms with E-state index in [-0.39, 0.29) is 5.11 Å². The third kappa shape index (κ3) is 3.47. The van der Waals surface area contributed by atoms with E-state index in [9.17, 15) is 0 Å². The van der Waals surface area contributed by atoms with Gasteiger partial charge in [-0.3, -0.25) is 5.43 Å². The van der Waals surface area contributed by atoms with Crippen LogP contribution in [0.5, 0.6) is 0 Å². The number of hydrogen-bond acceptors (Lipinski definition) is 3. The maximum Gasteiger partial charge on any atom is 0.184 e. The highest BCUT2D eigenvalue weighted by molar-refractivity contribution is 7.80. The number of benzene rings is 1. The summed E-state index contributed by atoms with van der Waals surface area (Å²) in [5.74, 6) is 1.14. The molecule has 98 valence electrons. The Morgan fingerprint density at radius 2 is 2.11 bits per heavy atom. The van der Waals surface area contributed by atoms with Gasteiger partial charge in [-0.2, -0.15) is 5.10 Å². The van der Waals surface area contributed by atoms with Crippen molar-refractivity contribution in [2.45, 2.75) is 0 Å². The Hall–Kier alpha value is -1.56. The first-order valence-electron chi connectivity index (χ1n) is 5.20. The SMILES string of the molecule is NC(=S)NN=Cc1ccc(-c2cccc(Cl)c2Cl)o1. The second kappa shape index (κ2) is 6.06. The number of rotatable bonds is 3. The van der Waals surface area contributed by atoms with Crippen LogP contribution in [0.4, 0.5) is 0 Å². The fourth-order valence-electron chi connectivity index (χ4n) is 1.42. The number of halogens is 2. The molecule has 4 nitrogen and oxygen atoms in total. The summed E-state index contributed by atoms with van der Waals surface area (Å²) in [6.45, 7) is 0. The first-order valence-corrected chi connectivity index (χ1v) is 6.37. The number of nitrogens with one attached hydrogen (secondary N) is 1. The third-order valence-corrected chi connectivity index (χ3v) is 3.12. The molecule has 1 aromatic heterocycles. The van der Waals surface area contributed by atoms with Crippen molar-refractivity contribution in [3.63, 3.8) is 0 Å². The van der Waals surface area contributed by atoms with Crippen molar-refractivity contribution in [2.24, 2.45) is 10.8 Å². The molecular weight excluding hydrogens is 305 g/mol. The van der Waals surface area contributed by atoms with Crippen molar-refractivity contribution < 1.29 is 4.42 Å². The van der Waals surface area contributed by atoms with Gasteiger partial charge in [-0.15, -0.1) is 0 Å². The minimum atomic E-state index is 0.0842. The van der Waals surface area contributed by atoms with E-state index in [0.717, 1.165) is 5.56 Å². The molecule has 0 aliphatic carbocycles. The zero-order valence-electron chi connectivity index (χ0n) is 9.56. The van der Waals surface area contributed by atoms with Gasteiger partial charge < -0.3 is 10.2 Å². The molecule has 0 bridgehead atoms. The molecule has 0 spiro atoms. The number of nitrogens with zero attached hydrogens (tertiary/aromatic N) is 1. The molecule has 1 heterocycles. The summed E-state index contributed by atoms with van der Waals surface area (Å²) in [7, 11) is 0. The summed E-state index contributed by atoms with van der Waals surface area (Å²) in [6, 6.07) is 8.86. The van der Waals surface area contributed by atoms with Crippen LogP contribution in [0.1, 0.15) is 5.76 Å². The molecule has 1 aromatic carbocycles. The van der Waals surface area contributed by atoms with Gasteiger partial charge in [-0.05, 0) is 36.5 Å². The lowest BCUT2D eigenvalue weighted by molar-refractivity contribution is 0.574. The lowest BCUT2D eigenvalue weighted by Gasteiger charge is -2.01. The lowest BCUT2D eigenvalue weighted by atomic mass is 10.2. The second-order valence-corrected chi connectivity index (χ2v) is 4.76. The van der Waals surface area contributed by atoms with E-state index in [1.165, 1.54) is 6.21 Å². The zero-order valence-corrected chi connectivity index (χ0v) is 11.9. The largest absolute Gasteiger partial charge is 0.455 e. The van der Waals surface area contributed by atoms with Crippen molar-refractivity contribution in [3.8, 4) is 11.3 Å². The molecule has 19 heavy (non-hydrogen) atoms. The van der Waals surface area contributed by atoms with Crippen LogP contribution in [0, 0.1) is 0 Å². The van der Waals surface area contributed by atoms with Crippen molar-refractivity contribution in [2.75, 3.05) is 0 Å². The van der Waals surface area contributed by atoms with Crippen molar-refractivity contribution in [1.82, 2.24) is 5.43 Å². The van der Waals surface area contributed by atoms with Crippen LogP contribution in [0.15, 0.2) is 39.9 Å². The molecule has 0 radical (unpaired) electrons. The van der Waals surface area contributed by atoms with E-state index >= 15 is 0 Å². The smallest absolute Gasteiger partial charge is 0.184 e. The van der Waals surface area contributed by atoms with E-state index in [1.54, 1.807) is 24.3 Å². The van der Waals surface area contributed by atoms with Gasteiger partial charge in [0.1, 0.15) is 11.5 Å². The summed E-state index contributed by atoms with van der Waals surface area (Å²) in [5, 5.41) is 4.80. The van der Waals surface area contributed by atoms with Gasteiger partial charge in [0.05, 0.1) is 16.3 Å². The Morgan fingerprint density at radius 1 is 1.32 bits per heavy atom. The Bertz CT molecular complexity index is 640. The van der Waals surface area contributed by atoms with Crippen molar-refractivity contribution in [1.29, 1.82) is 0 Å². The summed E-state index contributed by atoms with van der Waals surface area (Å²) in [6.07, 6.45) is 1.46. The van der Waals surface area contributed by atoms with Gasteiger partial charge in [0.2, 0.25) is 0 Å². The number of hydrogen-bond donors (Lipinski definition) is 2. The Morgan fingerprint density at radius 3 is 2.84 bits per heavy atom. The molecule has 2 rings (SSSR count). The van der Waals surface area contributed by atoms with Gasteiger partial charge in [-0.25, -0.2) is 0 Å². The first-order chi connectivity index (χ1) is 9.08. The predicted octanol–water partition coefficient (Wildman–Crippen LogP) is 3.42. The van der Waals surface area contributed by atoms with E-state index in [4.69, 9.17) is 33.4 Å². The summed E-state index contributed by atoms with van der Waals surface area (Å²) in [4.78, 5) is 0. The maximum atomic E-state index is 6.11. The minimum Gasteiger partial charge on any atom is -0.455 e. The average Bonchev–Trinajstić information content (AvgIpc) is 2.81. The number of furan rings is 1. The molecule has 0 aliphatic rings. The van der Waals surface area contributed by atoms with Gasteiger partial charge in [0.25, 0.3) is 0 Å². The Balaban J connectivity index is 2.23. The number of nitrogens with two attached hydrogens (primary N) is 1. The van der Waals surface area contributed by atoms with Crippen molar-refractivity contribution >= 4 is 46.7 Å². The van der Waals surface area contributed by atoms with Crippen LogP contribution < -0.4 is 11.2 Å². The molecule has 0 fully saturated rings. The highest BCUT2D eigenvalue weighted by Crippen LogP contribution is 2.33. The molecule has 0 saturated heterocycles. The van der Waals surface area contributed by atoms with Crippen LogP contribution in [0.3, 0.4) is 0 Å². The predicted molar refractivity (Wildman–Crippen MR) is 81.7 cm³/mol. The average molecular weight is 314 g/mol. The molecular formula is C12H9Cl2N3OS. The maximum absolute atomic E-state index is 6.11. The third-order valence-electron chi connectivity index (χ3n) is 2.21. The topological polar surface area (TPSA) is 63.5 Å². The van der Waals surface area contributed by atoms with Crippen molar-refractivity contribution in [3.05, 3.63) is 46.1 Å². The molecule has 0 aliphatic heterocycles. The molecule has 0 unspecified atom stereocenters. The fraction of sp³-hybridized carbons (Fsp3) is 0.